The van der Waals surface area contributed by atoms with Crippen LogP contribution in [0.1, 0.15) is 16.3 Å². The number of anilines is 1. The number of amides is 1. The first-order chi connectivity index (χ1) is 13.3. The minimum atomic E-state index is -3.59. The van der Waals surface area contributed by atoms with E-state index in [0.29, 0.717) is 22.9 Å². The Kier molecular flexibility index (Phi) is 4.19. The van der Waals surface area contributed by atoms with E-state index in [2.05, 4.69) is 25.5 Å². The number of aromatic nitrogens is 5. The molecular weight excluding hydrogens is 380 g/mol. The highest BCUT2D eigenvalue weighted by Gasteiger charge is 2.22. The van der Waals surface area contributed by atoms with Gasteiger partial charge in [0, 0.05) is 23.7 Å². The van der Waals surface area contributed by atoms with Crippen molar-refractivity contribution in [3.05, 3.63) is 60.2 Å². The van der Waals surface area contributed by atoms with Crippen molar-refractivity contribution in [2.24, 2.45) is 0 Å². The number of aryl methyl sites for hydroxylation is 1. The van der Waals surface area contributed by atoms with Crippen molar-refractivity contribution in [3.63, 3.8) is 0 Å². The van der Waals surface area contributed by atoms with Gasteiger partial charge in [-0.3, -0.25) is 14.3 Å². The molecule has 1 amide bonds. The molecule has 0 fully saturated rings. The third kappa shape index (κ3) is 3.25. The molecule has 9 nitrogen and oxygen atoms in total. The number of nitrogens with one attached hydrogen (secondary N) is 2. The lowest BCUT2D eigenvalue weighted by Gasteiger charge is -2.04. The molecule has 0 aliphatic rings. The summed E-state index contributed by atoms with van der Waals surface area (Å²) >= 11 is 0. The molecule has 10 heteroatoms. The van der Waals surface area contributed by atoms with E-state index in [1.54, 1.807) is 48.7 Å². The maximum atomic E-state index is 12.7. The fraction of sp³-hybridized carbons (Fsp3) is 0.111. The van der Waals surface area contributed by atoms with Crippen LogP contribution >= 0.6 is 0 Å². The Bertz CT molecular complexity index is 1290. The van der Waals surface area contributed by atoms with Crippen LogP contribution in [0.4, 0.5) is 5.69 Å². The molecule has 0 spiro atoms. The van der Waals surface area contributed by atoms with E-state index in [4.69, 9.17) is 0 Å². The number of pyridine rings is 1. The molecule has 0 unspecified atom stereocenters. The van der Waals surface area contributed by atoms with Crippen molar-refractivity contribution in [1.29, 1.82) is 0 Å². The van der Waals surface area contributed by atoms with Gasteiger partial charge in [0.05, 0.1) is 5.52 Å². The van der Waals surface area contributed by atoms with Gasteiger partial charge in [0.15, 0.2) is 11.5 Å². The maximum Gasteiger partial charge on any atom is 0.276 e. The van der Waals surface area contributed by atoms with Gasteiger partial charge in [-0.15, -0.1) is 0 Å². The van der Waals surface area contributed by atoms with Crippen molar-refractivity contribution in [3.8, 4) is 11.4 Å². The predicted molar refractivity (Wildman–Crippen MR) is 103 cm³/mol. The number of hydrogen-bond acceptors (Lipinski definition) is 6. The van der Waals surface area contributed by atoms with Crippen LogP contribution in [0, 0.1) is 6.92 Å². The van der Waals surface area contributed by atoms with Gasteiger partial charge in [-0.1, -0.05) is 6.07 Å². The number of imidazole rings is 1. The summed E-state index contributed by atoms with van der Waals surface area (Å²) in [5, 5.41) is 9.43. The third-order valence-corrected chi connectivity index (χ3v) is 5.01. The van der Waals surface area contributed by atoms with Gasteiger partial charge in [-0.25, -0.2) is 18.4 Å². The second-order valence-electron chi connectivity index (χ2n) is 6.25. The summed E-state index contributed by atoms with van der Waals surface area (Å²) in [6, 6.07) is 12.0. The molecule has 0 saturated carbocycles. The van der Waals surface area contributed by atoms with E-state index < -0.39 is 15.7 Å². The smallest absolute Gasteiger partial charge is 0.276 e. The number of aromatic amines is 1. The van der Waals surface area contributed by atoms with Crippen molar-refractivity contribution >= 4 is 26.9 Å². The second kappa shape index (κ2) is 6.57. The van der Waals surface area contributed by atoms with Gasteiger partial charge in [-0.05, 0) is 43.3 Å². The first kappa shape index (κ1) is 17.9. The SMILES string of the molecule is Cc1nc(-c2ccc(NC(=O)c3nc(S(C)(=O)=O)n4ccccc34)cc2)n[nH]1. The molecule has 2 N–H and O–H groups in total. The van der Waals surface area contributed by atoms with E-state index in [1.165, 1.54) is 4.40 Å². The lowest BCUT2D eigenvalue weighted by molar-refractivity contribution is 0.102. The van der Waals surface area contributed by atoms with Crippen molar-refractivity contribution < 1.29 is 13.2 Å². The van der Waals surface area contributed by atoms with E-state index in [1.807, 2.05) is 6.92 Å². The highest BCUT2D eigenvalue weighted by molar-refractivity contribution is 7.90. The highest BCUT2D eigenvalue weighted by atomic mass is 32.2. The van der Waals surface area contributed by atoms with Crippen LogP contribution in [0.25, 0.3) is 16.9 Å². The number of H-pyrrole nitrogens is 1. The molecular formula is C18H16N6O3S. The first-order valence-corrected chi connectivity index (χ1v) is 10.2. The number of benzene rings is 1. The molecule has 4 rings (SSSR count). The minimum Gasteiger partial charge on any atom is -0.321 e. The second-order valence-corrected chi connectivity index (χ2v) is 8.16. The Morgan fingerprint density at radius 3 is 2.50 bits per heavy atom. The summed E-state index contributed by atoms with van der Waals surface area (Å²) in [5.74, 6) is 0.772. The van der Waals surface area contributed by atoms with Crippen LogP contribution in [-0.4, -0.2) is 45.1 Å². The lowest BCUT2D eigenvalue weighted by Crippen LogP contribution is -2.13. The Morgan fingerprint density at radius 2 is 1.86 bits per heavy atom. The quantitative estimate of drug-likeness (QED) is 0.545. The molecule has 4 aromatic rings. The molecule has 0 atom stereocenters. The Labute approximate surface area is 160 Å². The fourth-order valence-electron chi connectivity index (χ4n) is 2.80. The Morgan fingerprint density at radius 1 is 1.11 bits per heavy atom. The minimum absolute atomic E-state index is 0.0368. The zero-order valence-electron chi connectivity index (χ0n) is 15.0. The van der Waals surface area contributed by atoms with Crippen molar-refractivity contribution in [1.82, 2.24) is 24.6 Å². The summed E-state index contributed by atoms with van der Waals surface area (Å²) in [7, 11) is -3.59. The zero-order chi connectivity index (χ0) is 19.9. The van der Waals surface area contributed by atoms with E-state index in [0.717, 1.165) is 11.8 Å². The summed E-state index contributed by atoms with van der Waals surface area (Å²) in [6.07, 6.45) is 2.61. The van der Waals surface area contributed by atoms with Gasteiger partial charge in [-0.2, -0.15) is 5.10 Å². The van der Waals surface area contributed by atoms with Crippen molar-refractivity contribution in [2.75, 3.05) is 11.6 Å². The Hall–Kier alpha value is -3.53. The summed E-state index contributed by atoms with van der Waals surface area (Å²) in [5.41, 5.74) is 1.79. The van der Waals surface area contributed by atoms with Gasteiger partial charge in [0.2, 0.25) is 15.0 Å². The molecule has 0 saturated heterocycles. The number of carbonyl (C=O) groups is 1. The number of carbonyl (C=O) groups excluding carboxylic acids is 1. The lowest BCUT2D eigenvalue weighted by atomic mass is 10.2. The van der Waals surface area contributed by atoms with Crippen LogP contribution in [0.3, 0.4) is 0 Å². The van der Waals surface area contributed by atoms with Crippen LogP contribution in [0.2, 0.25) is 0 Å². The van der Waals surface area contributed by atoms with E-state index >= 15 is 0 Å². The van der Waals surface area contributed by atoms with Crippen molar-refractivity contribution in [2.45, 2.75) is 12.1 Å². The molecule has 1 aromatic carbocycles. The molecule has 0 aliphatic carbocycles. The van der Waals surface area contributed by atoms with Gasteiger partial charge < -0.3 is 5.32 Å². The van der Waals surface area contributed by atoms with E-state index in [-0.39, 0.29) is 10.9 Å². The summed E-state index contributed by atoms with van der Waals surface area (Å²) < 4.78 is 25.4. The molecule has 3 aromatic heterocycles. The normalized spacial score (nSPS) is 11.6. The zero-order valence-corrected chi connectivity index (χ0v) is 15.9. The Balaban J connectivity index is 1.64. The number of sulfone groups is 1. The number of hydrogen-bond donors (Lipinski definition) is 2. The van der Waals surface area contributed by atoms with Crippen LogP contribution in [0.5, 0.6) is 0 Å². The number of rotatable bonds is 4. The fourth-order valence-corrected chi connectivity index (χ4v) is 3.58. The monoisotopic (exact) mass is 396 g/mol. The number of fused-ring (bicyclic) bond motifs is 1. The molecule has 0 radical (unpaired) electrons. The molecule has 142 valence electrons. The van der Waals surface area contributed by atoms with E-state index in [9.17, 15) is 13.2 Å². The topological polar surface area (TPSA) is 122 Å². The van der Waals surface area contributed by atoms with Crippen LogP contribution < -0.4 is 5.32 Å². The summed E-state index contributed by atoms with van der Waals surface area (Å²) in [6.45, 7) is 1.81. The molecule has 0 aliphatic heterocycles. The largest absolute Gasteiger partial charge is 0.321 e. The van der Waals surface area contributed by atoms with Gasteiger partial charge in [0.1, 0.15) is 5.82 Å². The van der Waals surface area contributed by atoms with Crippen LogP contribution in [-0.2, 0) is 9.84 Å². The highest BCUT2D eigenvalue weighted by Crippen LogP contribution is 2.21. The molecule has 3 heterocycles. The molecule has 28 heavy (non-hydrogen) atoms. The summed E-state index contributed by atoms with van der Waals surface area (Å²) in [4.78, 5) is 21.0. The average molecular weight is 396 g/mol. The molecule has 0 bridgehead atoms. The first-order valence-electron chi connectivity index (χ1n) is 8.31. The van der Waals surface area contributed by atoms with Crippen LogP contribution in [0.15, 0.2) is 53.8 Å². The number of nitrogens with zero attached hydrogens (tertiary/aromatic N) is 4. The van der Waals surface area contributed by atoms with Gasteiger partial charge in [0.25, 0.3) is 5.91 Å². The maximum absolute atomic E-state index is 12.7. The standard InChI is InChI=1S/C18H16N6O3S/c1-11-19-16(23-22-11)12-6-8-13(9-7-12)20-17(25)15-14-5-3-4-10-24(14)18(21-15)28(2,26)27/h3-10H,1-2H3,(H,20,25)(H,19,22,23). The van der Waals surface area contributed by atoms with Gasteiger partial charge >= 0.3 is 0 Å². The average Bonchev–Trinajstić information content (AvgIpc) is 3.26. The predicted octanol–water partition coefficient (Wildman–Crippen LogP) is 2.08. The third-order valence-electron chi connectivity index (χ3n) is 4.06.